The normalized spacial score (nSPS) is 14.6. The van der Waals surface area contributed by atoms with Crippen LogP contribution in [-0.4, -0.2) is 44.1 Å². The first-order valence-corrected chi connectivity index (χ1v) is 9.21. The molecule has 24 heavy (non-hydrogen) atoms. The summed E-state index contributed by atoms with van der Waals surface area (Å²) in [5.41, 5.74) is 2.42. The average Bonchev–Trinajstić information content (AvgIpc) is 3.24. The standard InChI is InChI=1S/C15H16N6OS2/c1-20-4-3-10-12(7-20)24-15(18-10)19-13(22)11-8-23-14(17-11)9-5-16-21(2)6-9/h5-6,8H,3-4,7H2,1-2H3,(H,18,19,22). The van der Waals surface area contributed by atoms with Crippen molar-refractivity contribution in [3.63, 3.8) is 0 Å². The number of hydrogen-bond donors (Lipinski definition) is 1. The van der Waals surface area contributed by atoms with E-state index in [-0.39, 0.29) is 5.91 Å². The zero-order chi connectivity index (χ0) is 16.7. The molecule has 0 saturated carbocycles. The first-order valence-electron chi connectivity index (χ1n) is 7.51. The number of aromatic nitrogens is 4. The maximum Gasteiger partial charge on any atom is 0.276 e. The van der Waals surface area contributed by atoms with Crippen molar-refractivity contribution < 1.29 is 4.79 Å². The predicted molar refractivity (Wildman–Crippen MR) is 94.4 cm³/mol. The van der Waals surface area contributed by atoms with Gasteiger partial charge < -0.3 is 4.90 Å². The molecule has 3 aromatic heterocycles. The van der Waals surface area contributed by atoms with Crippen molar-refractivity contribution in [2.75, 3.05) is 18.9 Å². The summed E-state index contributed by atoms with van der Waals surface area (Å²) in [6.45, 7) is 1.90. The molecule has 124 valence electrons. The number of anilines is 1. The van der Waals surface area contributed by atoms with E-state index in [0.29, 0.717) is 10.8 Å². The number of rotatable bonds is 3. The third-order valence-corrected chi connectivity index (χ3v) is 5.72. The van der Waals surface area contributed by atoms with Crippen LogP contribution in [0.2, 0.25) is 0 Å². The smallest absolute Gasteiger partial charge is 0.276 e. The molecule has 0 aromatic carbocycles. The van der Waals surface area contributed by atoms with Crippen LogP contribution in [0.15, 0.2) is 17.8 Å². The van der Waals surface area contributed by atoms with Gasteiger partial charge >= 0.3 is 0 Å². The molecule has 0 unspecified atom stereocenters. The minimum Gasteiger partial charge on any atom is -0.301 e. The van der Waals surface area contributed by atoms with Gasteiger partial charge in [-0.15, -0.1) is 22.7 Å². The Morgan fingerprint density at radius 2 is 2.21 bits per heavy atom. The molecule has 1 aliphatic heterocycles. The Morgan fingerprint density at radius 1 is 1.33 bits per heavy atom. The molecule has 3 aromatic rings. The topological polar surface area (TPSA) is 75.9 Å². The second-order valence-electron chi connectivity index (χ2n) is 5.77. The molecule has 0 atom stereocenters. The minimum absolute atomic E-state index is 0.221. The number of nitrogens with one attached hydrogen (secondary N) is 1. The fraction of sp³-hybridized carbons (Fsp3) is 0.333. The number of carbonyl (C=O) groups is 1. The lowest BCUT2D eigenvalue weighted by atomic mass is 10.2. The highest BCUT2D eigenvalue weighted by Crippen LogP contribution is 2.28. The number of likely N-dealkylation sites (N-methyl/N-ethyl adjacent to an activating group) is 1. The van der Waals surface area contributed by atoms with E-state index < -0.39 is 0 Å². The summed E-state index contributed by atoms with van der Waals surface area (Å²) in [6, 6.07) is 0. The summed E-state index contributed by atoms with van der Waals surface area (Å²) in [5, 5.41) is 10.2. The molecule has 0 bridgehead atoms. The summed E-state index contributed by atoms with van der Waals surface area (Å²) in [5.74, 6) is -0.221. The van der Waals surface area contributed by atoms with Crippen LogP contribution in [0.1, 0.15) is 21.1 Å². The van der Waals surface area contributed by atoms with E-state index in [1.54, 1.807) is 27.6 Å². The van der Waals surface area contributed by atoms with Gasteiger partial charge in [-0.3, -0.25) is 14.8 Å². The second-order valence-corrected chi connectivity index (χ2v) is 7.71. The first-order chi connectivity index (χ1) is 11.6. The molecular weight excluding hydrogens is 344 g/mol. The largest absolute Gasteiger partial charge is 0.301 e. The Bertz CT molecular complexity index is 896. The molecule has 0 aliphatic carbocycles. The minimum atomic E-state index is -0.221. The van der Waals surface area contributed by atoms with Crippen LogP contribution in [-0.2, 0) is 20.0 Å². The fourth-order valence-corrected chi connectivity index (χ4v) is 4.44. The maximum atomic E-state index is 12.4. The van der Waals surface area contributed by atoms with Crippen LogP contribution >= 0.6 is 22.7 Å². The Balaban J connectivity index is 1.50. The summed E-state index contributed by atoms with van der Waals surface area (Å²) < 4.78 is 1.72. The van der Waals surface area contributed by atoms with Gasteiger partial charge in [0.15, 0.2) is 5.13 Å². The van der Waals surface area contributed by atoms with E-state index >= 15 is 0 Å². The number of carbonyl (C=O) groups excluding carboxylic acids is 1. The zero-order valence-electron chi connectivity index (χ0n) is 13.3. The number of fused-ring (bicyclic) bond motifs is 1. The summed E-state index contributed by atoms with van der Waals surface area (Å²) in [6.07, 6.45) is 4.55. The average molecular weight is 360 g/mol. The highest BCUT2D eigenvalue weighted by atomic mass is 32.1. The van der Waals surface area contributed by atoms with Crippen LogP contribution in [0.3, 0.4) is 0 Å². The monoisotopic (exact) mass is 360 g/mol. The van der Waals surface area contributed by atoms with Crippen LogP contribution in [0.4, 0.5) is 5.13 Å². The number of amides is 1. The summed E-state index contributed by atoms with van der Waals surface area (Å²) >= 11 is 2.98. The quantitative estimate of drug-likeness (QED) is 0.775. The highest BCUT2D eigenvalue weighted by Gasteiger charge is 2.20. The van der Waals surface area contributed by atoms with Crippen LogP contribution in [0.25, 0.3) is 10.6 Å². The number of thiazole rings is 2. The van der Waals surface area contributed by atoms with E-state index in [9.17, 15) is 4.79 Å². The summed E-state index contributed by atoms with van der Waals surface area (Å²) in [7, 11) is 3.95. The lowest BCUT2D eigenvalue weighted by Crippen LogP contribution is -2.25. The molecular formula is C15H16N6OS2. The van der Waals surface area contributed by atoms with Crippen molar-refractivity contribution in [3.05, 3.63) is 34.0 Å². The SMILES string of the molecule is CN1CCc2nc(NC(=O)c3csc(-c4cnn(C)c4)n3)sc2C1. The summed E-state index contributed by atoms with van der Waals surface area (Å²) in [4.78, 5) is 24.8. The number of aryl methyl sites for hydroxylation is 1. The fourth-order valence-electron chi connectivity index (χ4n) is 2.58. The van der Waals surface area contributed by atoms with Crippen molar-refractivity contribution in [2.24, 2.45) is 7.05 Å². The maximum absolute atomic E-state index is 12.4. The van der Waals surface area contributed by atoms with Crippen LogP contribution in [0, 0.1) is 0 Å². The Hall–Kier alpha value is -2.10. The lowest BCUT2D eigenvalue weighted by molar-refractivity contribution is 0.102. The van der Waals surface area contributed by atoms with Crippen molar-refractivity contribution in [1.29, 1.82) is 0 Å². The molecule has 1 amide bonds. The molecule has 0 saturated heterocycles. The molecule has 9 heteroatoms. The van der Waals surface area contributed by atoms with Gasteiger partial charge in [0.1, 0.15) is 10.7 Å². The van der Waals surface area contributed by atoms with Gasteiger partial charge in [-0.25, -0.2) is 9.97 Å². The van der Waals surface area contributed by atoms with Crippen LogP contribution in [0.5, 0.6) is 0 Å². The van der Waals surface area contributed by atoms with Crippen molar-refractivity contribution in [1.82, 2.24) is 24.6 Å². The van der Waals surface area contributed by atoms with Crippen molar-refractivity contribution in [3.8, 4) is 10.6 Å². The molecule has 1 aliphatic rings. The van der Waals surface area contributed by atoms with E-state index in [2.05, 4.69) is 32.3 Å². The van der Waals surface area contributed by atoms with Gasteiger partial charge in [0.25, 0.3) is 5.91 Å². The van der Waals surface area contributed by atoms with E-state index in [4.69, 9.17) is 0 Å². The third-order valence-electron chi connectivity index (χ3n) is 3.83. The zero-order valence-corrected chi connectivity index (χ0v) is 14.9. The molecule has 0 spiro atoms. The second kappa shape index (κ2) is 6.08. The van der Waals surface area contributed by atoms with Gasteiger partial charge in [0, 0.05) is 48.6 Å². The predicted octanol–water partition coefficient (Wildman–Crippen LogP) is 2.24. The van der Waals surface area contributed by atoms with E-state index in [1.165, 1.54) is 16.2 Å². The first kappa shape index (κ1) is 15.4. The Morgan fingerprint density at radius 3 is 3.00 bits per heavy atom. The lowest BCUT2D eigenvalue weighted by Gasteiger charge is -2.20. The van der Waals surface area contributed by atoms with Crippen molar-refractivity contribution >= 4 is 33.7 Å². The van der Waals surface area contributed by atoms with Crippen LogP contribution < -0.4 is 5.32 Å². The molecule has 1 N–H and O–H groups in total. The molecule has 0 radical (unpaired) electrons. The third kappa shape index (κ3) is 2.97. The van der Waals surface area contributed by atoms with Gasteiger partial charge in [-0.2, -0.15) is 5.10 Å². The number of nitrogens with zero attached hydrogens (tertiary/aromatic N) is 5. The van der Waals surface area contributed by atoms with E-state index in [1.807, 2.05) is 13.2 Å². The van der Waals surface area contributed by atoms with Gasteiger partial charge in [-0.05, 0) is 7.05 Å². The number of hydrogen-bond acceptors (Lipinski definition) is 7. The van der Waals surface area contributed by atoms with Gasteiger partial charge in [0.2, 0.25) is 0 Å². The Labute approximate surface area is 147 Å². The highest BCUT2D eigenvalue weighted by molar-refractivity contribution is 7.16. The van der Waals surface area contributed by atoms with Gasteiger partial charge in [0.05, 0.1) is 11.9 Å². The van der Waals surface area contributed by atoms with E-state index in [0.717, 1.165) is 35.8 Å². The molecule has 0 fully saturated rings. The molecule has 4 rings (SSSR count). The van der Waals surface area contributed by atoms with Crippen molar-refractivity contribution in [2.45, 2.75) is 13.0 Å². The molecule has 7 nitrogen and oxygen atoms in total. The Kier molecular flexibility index (Phi) is 3.91. The molecule has 4 heterocycles. The van der Waals surface area contributed by atoms with Gasteiger partial charge in [-0.1, -0.05) is 0 Å².